The molecule has 2 aliphatic rings. The maximum Gasteiger partial charge on any atom is 0.325 e. The lowest BCUT2D eigenvalue weighted by Gasteiger charge is -2.31. The molecule has 114 valence electrons. The van der Waals surface area contributed by atoms with Gasteiger partial charge >= 0.3 is 6.03 Å². The van der Waals surface area contributed by atoms with Crippen LogP contribution in [-0.2, 0) is 30.3 Å². The van der Waals surface area contributed by atoms with Crippen molar-refractivity contribution in [3.8, 4) is 0 Å². The molecule has 0 saturated carbocycles. The van der Waals surface area contributed by atoms with Crippen molar-refractivity contribution < 1.29 is 9.59 Å². The van der Waals surface area contributed by atoms with Crippen LogP contribution >= 0.6 is 11.3 Å². The Kier molecular flexibility index (Phi) is 2.87. The molecule has 7 heteroatoms. The highest BCUT2D eigenvalue weighted by atomic mass is 32.1. The highest BCUT2D eigenvalue weighted by Crippen LogP contribution is 2.42. The van der Waals surface area contributed by atoms with Gasteiger partial charge in [0.15, 0.2) is 0 Å². The number of fused-ring (bicyclic) bond motifs is 2. The lowest BCUT2D eigenvalue weighted by molar-refractivity contribution is -0.132. The number of aromatic nitrogens is 2. The van der Waals surface area contributed by atoms with Crippen LogP contribution in [0.25, 0.3) is 0 Å². The van der Waals surface area contributed by atoms with E-state index < -0.39 is 5.54 Å². The van der Waals surface area contributed by atoms with Gasteiger partial charge in [-0.3, -0.25) is 14.4 Å². The van der Waals surface area contributed by atoms with Crippen LogP contribution in [0, 0.1) is 0 Å². The molecule has 0 aromatic carbocycles. The molecular weight excluding hydrogens is 300 g/mol. The van der Waals surface area contributed by atoms with Gasteiger partial charge in [-0.2, -0.15) is 5.10 Å². The number of urea groups is 1. The molecule has 3 amide bonds. The number of hydrogen-bond donors (Lipinski definition) is 1. The van der Waals surface area contributed by atoms with E-state index in [1.165, 1.54) is 9.78 Å². The number of imide groups is 1. The summed E-state index contributed by atoms with van der Waals surface area (Å²) in [5, 5.41) is 9.05. The Morgan fingerprint density at radius 2 is 2.27 bits per heavy atom. The van der Waals surface area contributed by atoms with Crippen molar-refractivity contribution in [2.24, 2.45) is 7.05 Å². The molecule has 1 aliphatic heterocycles. The van der Waals surface area contributed by atoms with Gasteiger partial charge in [0.2, 0.25) is 0 Å². The summed E-state index contributed by atoms with van der Waals surface area (Å²) in [5.41, 5.74) is 0.958. The molecule has 3 heterocycles. The Morgan fingerprint density at radius 3 is 3.05 bits per heavy atom. The predicted molar refractivity (Wildman–Crippen MR) is 81.2 cm³/mol. The quantitative estimate of drug-likeness (QED) is 0.859. The van der Waals surface area contributed by atoms with E-state index in [1.807, 2.05) is 17.5 Å². The second kappa shape index (κ2) is 4.67. The Balaban J connectivity index is 1.70. The van der Waals surface area contributed by atoms with E-state index in [2.05, 4.69) is 10.4 Å². The highest BCUT2D eigenvalue weighted by molar-refractivity contribution is 7.10. The van der Waals surface area contributed by atoms with Gasteiger partial charge in [-0.1, -0.05) is 0 Å². The van der Waals surface area contributed by atoms with Crippen molar-refractivity contribution in [1.82, 2.24) is 20.0 Å². The van der Waals surface area contributed by atoms with E-state index in [-0.39, 0.29) is 18.5 Å². The summed E-state index contributed by atoms with van der Waals surface area (Å²) in [6, 6.07) is 3.48. The Labute approximate surface area is 131 Å². The van der Waals surface area contributed by atoms with Crippen molar-refractivity contribution in [1.29, 1.82) is 0 Å². The van der Waals surface area contributed by atoms with E-state index in [4.69, 9.17) is 0 Å². The van der Waals surface area contributed by atoms with Crippen molar-refractivity contribution in [2.75, 3.05) is 0 Å². The van der Waals surface area contributed by atoms with Crippen LogP contribution in [-0.4, -0.2) is 26.6 Å². The molecule has 2 aromatic rings. The molecule has 1 aliphatic carbocycles. The molecule has 1 spiro atoms. The maximum atomic E-state index is 13.0. The van der Waals surface area contributed by atoms with Gasteiger partial charge in [0.1, 0.15) is 5.54 Å². The third-order valence-corrected chi connectivity index (χ3v) is 5.56. The number of amides is 3. The lowest BCUT2D eigenvalue weighted by atomic mass is 9.80. The van der Waals surface area contributed by atoms with Crippen LogP contribution in [0.4, 0.5) is 4.79 Å². The first-order valence-corrected chi connectivity index (χ1v) is 8.17. The lowest BCUT2D eigenvalue weighted by Crippen LogP contribution is -2.46. The van der Waals surface area contributed by atoms with E-state index in [1.54, 1.807) is 29.3 Å². The van der Waals surface area contributed by atoms with Crippen LogP contribution in [0.2, 0.25) is 0 Å². The third kappa shape index (κ3) is 1.75. The summed E-state index contributed by atoms with van der Waals surface area (Å²) in [5.74, 6) is -0.141. The Bertz CT molecular complexity index is 765. The van der Waals surface area contributed by atoms with E-state index >= 15 is 0 Å². The highest BCUT2D eigenvalue weighted by Gasteiger charge is 2.54. The minimum Gasteiger partial charge on any atom is -0.319 e. The third-order valence-electron chi connectivity index (χ3n) is 4.58. The zero-order valence-electron chi connectivity index (χ0n) is 12.2. The van der Waals surface area contributed by atoms with E-state index in [0.29, 0.717) is 6.42 Å². The fourth-order valence-corrected chi connectivity index (χ4v) is 4.40. The molecule has 0 bridgehead atoms. The summed E-state index contributed by atoms with van der Waals surface area (Å²) in [6.45, 7) is 0.252. The number of nitrogens with one attached hydrogen (secondary N) is 1. The largest absolute Gasteiger partial charge is 0.325 e. The first-order chi connectivity index (χ1) is 10.6. The van der Waals surface area contributed by atoms with Gasteiger partial charge in [0.05, 0.1) is 12.2 Å². The fraction of sp³-hybridized carbons (Fsp3) is 0.400. The monoisotopic (exact) mass is 316 g/mol. The first kappa shape index (κ1) is 13.5. The molecule has 1 saturated heterocycles. The van der Waals surface area contributed by atoms with Crippen LogP contribution in [0.5, 0.6) is 0 Å². The molecule has 22 heavy (non-hydrogen) atoms. The molecule has 2 aromatic heterocycles. The molecule has 6 nitrogen and oxygen atoms in total. The minimum atomic E-state index is -0.858. The van der Waals surface area contributed by atoms with Gasteiger partial charge in [0.25, 0.3) is 5.91 Å². The van der Waals surface area contributed by atoms with Gasteiger partial charge < -0.3 is 5.32 Å². The summed E-state index contributed by atoms with van der Waals surface area (Å²) in [7, 11) is 1.81. The second-order valence-electron chi connectivity index (χ2n) is 5.78. The van der Waals surface area contributed by atoms with Crippen LogP contribution < -0.4 is 5.32 Å². The summed E-state index contributed by atoms with van der Waals surface area (Å²) < 4.78 is 1.68. The normalized spacial score (nSPS) is 24.0. The zero-order valence-corrected chi connectivity index (χ0v) is 13.0. The van der Waals surface area contributed by atoms with E-state index in [9.17, 15) is 9.59 Å². The zero-order chi connectivity index (χ0) is 15.3. The fourth-order valence-electron chi connectivity index (χ4n) is 3.40. The van der Waals surface area contributed by atoms with Gasteiger partial charge in [0, 0.05) is 23.7 Å². The molecule has 1 atom stereocenters. The van der Waals surface area contributed by atoms with Gasteiger partial charge in [-0.05, 0) is 36.8 Å². The Hall–Kier alpha value is -2.15. The molecule has 0 unspecified atom stereocenters. The smallest absolute Gasteiger partial charge is 0.319 e. The predicted octanol–water partition coefficient (Wildman–Crippen LogP) is 1.77. The number of hydrogen-bond acceptors (Lipinski definition) is 4. The number of carbonyl (C=O) groups is 2. The van der Waals surface area contributed by atoms with Crippen LogP contribution in [0.15, 0.2) is 23.7 Å². The second-order valence-corrected chi connectivity index (χ2v) is 6.78. The van der Waals surface area contributed by atoms with Crippen molar-refractivity contribution in [3.05, 3.63) is 39.8 Å². The average Bonchev–Trinajstić information content (AvgIpc) is 3.17. The molecule has 4 rings (SSSR count). The summed E-state index contributed by atoms with van der Waals surface area (Å²) in [6.07, 6.45) is 4.24. The van der Waals surface area contributed by atoms with Crippen molar-refractivity contribution in [2.45, 2.75) is 31.3 Å². The average molecular weight is 316 g/mol. The first-order valence-electron chi connectivity index (χ1n) is 7.30. The summed E-state index contributed by atoms with van der Waals surface area (Å²) >= 11 is 1.66. The number of carbonyl (C=O) groups excluding carboxylic acids is 2. The van der Waals surface area contributed by atoms with Crippen molar-refractivity contribution >= 4 is 23.3 Å². The number of nitrogens with zero attached hydrogens (tertiary/aromatic N) is 3. The molecule has 1 fully saturated rings. The van der Waals surface area contributed by atoms with E-state index in [0.717, 1.165) is 24.1 Å². The topological polar surface area (TPSA) is 67.2 Å². The molecule has 1 N–H and O–H groups in total. The minimum absolute atomic E-state index is 0.141. The maximum absolute atomic E-state index is 13.0. The van der Waals surface area contributed by atoms with Gasteiger partial charge in [-0.25, -0.2) is 4.79 Å². The molecular formula is C15H16N4O2S. The summed E-state index contributed by atoms with van der Waals surface area (Å²) in [4.78, 5) is 27.9. The van der Waals surface area contributed by atoms with Crippen molar-refractivity contribution in [3.63, 3.8) is 0 Å². The number of rotatable bonds is 2. The number of aryl methyl sites for hydroxylation is 2. The van der Waals surface area contributed by atoms with Gasteiger partial charge in [-0.15, -0.1) is 11.3 Å². The molecule has 0 radical (unpaired) electrons. The van der Waals surface area contributed by atoms with Crippen LogP contribution in [0.3, 0.4) is 0 Å². The standard InChI is InChI=1S/C15H16N4O2S/c1-18-10(4-7-16-18)9-19-13(20)15(17-14(19)21)6-2-3-12-11(15)5-8-22-12/h4-5,7-8H,2-3,6,9H2,1H3,(H,17,21)/t15-/m1/s1. The SMILES string of the molecule is Cn1nccc1CN1C(=O)N[C@@]2(CCCc3sccc32)C1=O. The number of thiophene rings is 1. The van der Waals surface area contributed by atoms with Crippen LogP contribution in [0.1, 0.15) is 29.0 Å². The Morgan fingerprint density at radius 1 is 1.41 bits per heavy atom.